The number of rotatable bonds is 3. The van der Waals surface area contributed by atoms with Crippen LogP contribution in [0.15, 0.2) is 48.5 Å². The number of carbonyl (C=O) groups is 2. The van der Waals surface area contributed by atoms with Gasteiger partial charge >= 0.3 is 0 Å². The molecule has 0 spiro atoms. The third-order valence-corrected chi connectivity index (χ3v) is 6.91. The number of aromatic nitrogens is 1. The van der Waals surface area contributed by atoms with Gasteiger partial charge in [-0.1, -0.05) is 36.4 Å². The van der Waals surface area contributed by atoms with E-state index in [1.165, 1.54) is 0 Å². The normalized spacial score (nSPS) is 23.3. The number of ether oxygens (including phenoxy) is 1. The van der Waals surface area contributed by atoms with Gasteiger partial charge in [0.05, 0.1) is 12.8 Å². The largest absolute Gasteiger partial charge is 0.496 e. The monoisotopic (exact) mass is 417 g/mol. The van der Waals surface area contributed by atoms with Gasteiger partial charge in [0.25, 0.3) is 5.91 Å². The molecule has 1 aromatic heterocycles. The molecule has 0 unspecified atom stereocenters. The predicted octanol–water partition coefficient (Wildman–Crippen LogP) is 3.62. The summed E-state index contributed by atoms with van der Waals surface area (Å²) < 4.78 is 5.67. The highest BCUT2D eigenvalue weighted by atomic mass is 16.5. The van der Waals surface area contributed by atoms with Gasteiger partial charge in [0.2, 0.25) is 5.91 Å². The first-order chi connectivity index (χ1) is 14.9. The van der Waals surface area contributed by atoms with Crippen molar-refractivity contribution in [3.05, 3.63) is 65.4 Å². The maximum atomic E-state index is 13.8. The number of nitrogens with zero attached hydrogens (tertiary/aromatic N) is 2. The van der Waals surface area contributed by atoms with Crippen LogP contribution in [-0.4, -0.2) is 52.8 Å². The average molecular weight is 418 g/mol. The summed E-state index contributed by atoms with van der Waals surface area (Å²) in [5.41, 5.74) is 2.80. The highest BCUT2D eigenvalue weighted by Gasteiger charge is 2.56. The van der Waals surface area contributed by atoms with Crippen LogP contribution in [0.2, 0.25) is 0 Å². The summed E-state index contributed by atoms with van der Waals surface area (Å²) in [5, 5.41) is 1.08. The van der Waals surface area contributed by atoms with E-state index in [0.29, 0.717) is 6.54 Å². The van der Waals surface area contributed by atoms with Crippen molar-refractivity contribution in [3.63, 3.8) is 0 Å². The van der Waals surface area contributed by atoms with Gasteiger partial charge in [0, 0.05) is 35.0 Å². The van der Waals surface area contributed by atoms with Crippen LogP contribution < -0.4 is 4.74 Å². The Kier molecular flexibility index (Phi) is 4.36. The summed E-state index contributed by atoms with van der Waals surface area (Å²) in [7, 11) is 1.66. The molecule has 2 aliphatic heterocycles. The lowest BCUT2D eigenvalue weighted by atomic mass is 9.76. The van der Waals surface area contributed by atoms with E-state index in [0.717, 1.165) is 33.5 Å². The quantitative estimate of drug-likeness (QED) is 0.708. The number of amides is 2. The Morgan fingerprint density at radius 1 is 1.10 bits per heavy atom. The smallest absolute Gasteiger partial charge is 0.255 e. The Hall–Kier alpha value is -3.28. The molecule has 160 valence electrons. The standard InChI is InChI=1S/C25H27N3O3/c1-15(2)27-14-21(29)28-13-18(16-9-6-8-12-20(16)31-4)22-17-10-5-7-11-19(17)26-23(22)25(28,3)24(27)30/h5-12,15,18,26H,13-14H2,1-4H3/t18-,25-/m1/s1. The van der Waals surface area contributed by atoms with E-state index in [9.17, 15) is 9.59 Å². The van der Waals surface area contributed by atoms with Crippen molar-refractivity contribution in [1.82, 2.24) is 14.8 Å². The molecule has 2 aliphatic rings. The van der Waals surface area contributed by atoms with Gasteiger partial charge in [0.15, 0.2) is 5.54 Å². The number of piperazine rings is 1. The fourth-order valence-corrected chi connectivity index (χ4v) is 5.28. The zero-order valence-electron chi connectivity index (χ0n) is 18.3. The van der Waals surface area contributed by atoms with Crippen LogP contribution in [0.1, 0.15) is 43.5 Å². The van der Waals surface area contributed by atoms with Gasteiger partial charge in [-0.2, -0.15) is 0 Å². The van der Waals surface area contributed by atoms with E-state index in [-0.39, 0.29) is 30.3 Å². The van der Waals surface area contributed by atoms with Crippen LogP contribution >= 0.6 is 0 Å². The summed E-state index contributed by atoms with van der Waals surface area (Å²) in [6, 6.07) is 16.0. The number of benzene rings is 2. The minimum Gasteiger partial charge on any atom is -0.496 e. The van der Waals surface area contributed by atoms with E-state index in [2.05, 4.69) is 11.1 Å². The van der Waals surface area contributed by atoms with Crippen molar-refractivity contribution >= 4 is 22.7 Å². The number of carbonyl (C=O) groups excluding carboxylic acids is 2. The molecule has 5 rings (SSSR count). The summed E-state index contributed by atoms with van der Waals surface area (Å²) in [5.74, 6) is 0.623. The van der Waals surface area contributed by atoms with E-state index < -0.39 is 5.54 Å². The number of methoxy groups -OCH3 is 1. The molecule has 2 amide bonds. The van der Waals surface area contributed by atoms with Crippen molar-refractivity contribution in [3.8, 4) is 5.75 Å². The van der Waals surface area contributed by atoms with Crippen molar-refractivity contribution in [2.75, 3.05) is 20.2 Å². The first-order valence-corrected chi connectivity index (χ1v) is 10.7. The molecular weight excluding hydrogens is 390 g/mol. The van der Waals surface area contributed by atoms with Crippen LogP contribution in [0, 0.1) is 0 Å². The Balaban J connectivity index is 1.80. The Bertz CT molecular complexity index is 1200. The van der Waals surface area contributed by atoms with Crippen molar-refractivity contribution in [1.29, 1.82) is 0 Å². The molecular formula is C25H27N3O3. The Labute approximate surface area is 181 Å². The highest BCUT2D eigenvalue weighted by Crippen LogP contribution is 2.49. The molecule has 2 atom stereocenters. The van der Waals surface area contributed by atoms with Crippen LogP contribution in [0.4, 0.5) is 0 Å². The van der Waals surface area contributed by atoms with Gasteiger partial charge in [-0.25, -0.2) is 0 Å². The lowest BCUT2D eigenvalue weighted by molar-refractivity contribution is -0.168. The number of nitrogens with one attached hydrogen (secondary N) is 1. The maximum absolute atomic E-state index is 13.8. The molecule has 3 heterocycles. The number of H-pyrrole nitrogens is 1. The molecule has 0 bridgehead atoms. The molecule has 0 radical (unpaired) electrons. The summed E-state index contributed by atoms with van der Waals surface area (Å²) in [6.07, 6.45) is 0. The van der Waals surface area contributed by atoms with Crippen molar-refractivity contribution in [2.24, 2.45) is 0 Å². The van der Waals surface area contributed by atoms with Gasteiger partial charge < -0.3 is 19.5 Å². The number of fused-ring (bicyclic) bond motifs is 5. The molecule has 1 fully saturated rings. The molecule has 6 nitrogen and oxygen atoms in total. The zero-order chi connectivity index (χ0) is 21.9. The molecule has 6 heteroatoms. The lowest BCUT2D eigenvalue weighted by Crippen LogP contribution is -2.68. The number of aromatic amines is 1. The molecule has 3 aromatic rings. The van der Waals surface area contributed by atoms with Gasteiger partial charge in [-0.15, -0.1) is 0 Å². The van der Waals surface area contributed by atoms with E-state index in [4.69, 9.17) is 4.74 Å². The minimum absolute atomic E-state index is 0.0278. The maximum Gasteiger partial charge on any atom is 0.255 e. The Morgan fingerprint density at radius 2 is 1.81 bits per heavy atom. The molecule has 31 heavy (non-hydrogen) atoms. The first kappa shape index (κ1) is 19.7. The van der Waals surface area contributed by atoms with E-state index in [1.54, 1.807) is 16.9 Å². The van der Waals surface area contributed by atoms with Gasteiger partial charge in [0.1, 0.15) is 12.3 Å². The average Bonchev–Trinajstić information content (AvgIpc) is 3.17. The summed E-state index contributed by atoms with van der Waals surface area (Å²) >= 11 is 0. The second-order valence-electron chi connectivity index (χ2n) is 8.86. The van der Waals surface area contributed by atoms with Crippen LogP contribution in [-0.2, 0) is 15.1 Å². The molecule has 0 saturated carbocycles. The lowest BCUT2D eigenvalue weighted by Gasteiger charge is -2.52. The van der Waals surface area contributed by atoms with Crippen LogP contribution in [0.5, 0.6) is 5.75 Å². The fourth-order valence-electron chi connectivity index (χ4n) is 5.28. The minimum atomic E-state index is -1.06. The predicted molar refractivity (Wildman–Crippen MR) is 119 cm³/mol. The molecule has 0 aliphatic carbocycles. The summed E-state index contributed by atoms with van der Waals surface area (Å²) in [6.45, 7) is 6.34. The zero-order valence-corrected chi connectivity index (χ0v) is 18.3. The second-order valence-corrected chi connectivity index (χ2v) is 8.86. The molecule has 2 aromatic carbocycles. The Morgan fingerprint density at radius 3 is 2.55 bits per heavy atom. The number of hydrogen-bond acceptors (Lipinski definition) is 3. The SMILES string of the molecule is COc1ccccc1[C@H]1CN2C(=O)CN(C(C)C)C(=O)[C@@]2(C)c2[nH]c3ccccc3c21. The number of hydrogen-bond donors (Lipinski definition) is 1. The van der Waals surface area contributed by atoms with E-state index in [1.807, 2.05) is 63.2 Å². The number of para-hydroxylation sites is 2. The topological polar surface area (TPSA) is 65.6 Å². The molecule has 1 N–H and O–H groups in total. The summed E-state index contributed by atoms with van der Waals surface area (Å²) in [4.78, 5) is 34.1. The van der Waals surface area contributed by atoms with Gasteiger partial charge in [-0.05, 0) is 38.5 Å². The third-order valence-electron chi connectivity index (χ3n) is 6.91. The van der Waals surface area contributed by atoms with Crippen molar-refractivity contribution < 1.29 is 14.3 Å². The fraction of sp³-hybridized carbons (Fsp3) is 0.360. The van der Waals surface area contributed by atoms with Crippen molar-refractivity contribution in [2.45, 2.75) is 38.3 Å². The van der Waals surface area contributed by atoms with Crippen LogP contribution in [0.3, 0.4) is 0 Å². The first-order valence-electron chi connectivity index (χ1n) is 10.7. The third kappa shape index (κ3) is 2.63. The molecule has 1 saturated heterocycles. The van der Waals surface area contributed by atoms with E-state index >= 15 is 0 Å². The van der Waals surface area contributed by atoms with Crippen LogP contribution in [0.25, 0.3) is 10.9 Å². The second kappa shape index (κ2) is 6.87. The van der Waals surface area contributed by atoms with Gasteiger partial charge in [-0.3, -0.25) is 9.59 Å². The highest BCUT2D eigenvalue weighted by molar-refractivity contribution is 6.01.